The number of halogens is 1. The number of rotatable bonds is 1. The molecule has 1 heterocycles. The van der Waals surface area contributed by atoms with E-state index in [4.69, 9.17) is 11.6 Å². The van der Waals surface area contributed by atoms with Crippen molar-refractivity contribution in [3.05, 3.63) is 40.9 Å². The molecule has 0 spiro atoms. The molecule has 1 aromatic heterocycles. The number of hydrogen-bond acceptors (Lipinski definition) is 2. The van der Waals surface area contributed by atoms with Crippen molar-refractivity contribution in [3.63, 3.8) is 0 Å². The Hall–Kier alpha value is -1.35. The average Bonchev–Trinajstić information content (AvgIpc) is 2.51. The summed E-state index contributed by atoms with van der Waals surface area (Å²) in [4.78, 5) is 4.05. The molecular weight excluding hydrogens is 198 g/mol. The van der Waals surface area contributed by atoms with E-state index >= 15 is 0 Å². The van der Waals surface area contributed by atoms with Crippen molar-refractivity contribution in [2.45, 2.75) is 13.8 Å². The molecule has 0 aliphatic heterocycles. The van der Waals surface area contributed by atoms with E-state index in [0.717, 1.165) is 17.1 Å². The van der Waals surface area contributed by atoms with Crippen molar-refractivity contribution in [1.29, 1.82) is 0 Å². The van der Waals surface area contributed by atoms with Gasteiger partial charge in [0.1, 0.15) is 12.2 Å². The van der Waals surface area contributed by atoms with Gasteiger partial charge in [-0.1, -0.05) is 17.7 Å². The van der Waals surface area contributed by atoms with Crippen LogP contribution in [0.4, 0.5) is 0 Å². The van der Waals surface area contributed by atoms with Gasteiger partial charge in [-0.3, -0.25) is 0 Å². The van der Waals surface area contributed by atoms with Crippen molar-refractivity contribution in [3.8, 4) is 5.69 Å². The van der Waals surface area contributed by atoms with Crippen LogP contribution < -0.4 is 0 Å². The highest BCUT2D eigenvalue weighted by Crippen LogP contribution is 2.20. The van der Waals surface area contributed by atoms with Crippen molar-refractivity contribution < 1.29 is 0 Å². The van der Waals surface area contributed by atoms with Crippen molar-refractivity contribution >= 4 is 11.6 Å². The van der Waals surface area contributed by atoms with E-state index in [9.17, 15) is 0 Å². The summed E-state index contributed by atoms with van der Waals surface area (Å²) in [5.41, 5.74) is 1.99. The molecule has 0 amide bonds. The first-order valence-corrected chi connectivity index (χ1v) is 4.69. The average molecular weight is 208 g/mol. The largest absolute Gasteiger partial charge is 0.220 e. The van der Waals surface area contributed by atoms with Gasteiger partial charge in [-0.05, 0) is 31.5 Å². The standard InChI is InChI=1S/C10H10ClN3/c1-7-3-4-10(9(11)5-7)14-6-12-8(2)13-14/h3-6H,1-2H3. The highest BCUT2D eigenvalue weighted by atomic mass is 35.5. The molecule has 0 saturated heterocycles. The Balaban J connectivity index is 2.52. The third kappa shape index (κ3) is 1.63. The Bertz CT molecular complexity index is 462. The second-order valence-corrected chi connectivity index (χ2v) is 3.60. The SMILES string of the molecule is Cc1ccc(-n2cnc(C)n2)c(Cl)c1. The molecule has 2 rings (SSSR count). The van der Waals surface area contributed by atoms with E-state index in [1.165, 1.54) is 0 Å². The molecule has 0 aliphatic carbocycles. The summed E-state index contributed by atoms with van der Waals surface area (Å²) in [6.07, 6.45) is 1.66. The second-order valence-electron chi connectivity index (χ2n) is 3.19. The summed E-state index contributed by atoms with van der Waals surface area (Å²) in [7, 11) is 0. The fourth-order valence-corrected chi connectivity index (χ4v) is 1.58. The van der Waals surface area contributed by atoms with Crippen LogP contribution in [0.3, 0.4) is 0 Å². The van der Waals surface area contributed by atoms with Gasteiger partial charge >= 0.3 is 0 Å². The van der Waals surface area contributed by atoms with Gasteiger partial charge in [-0.25, -0.2) is 9.67 Å². The molecular formula is C10H10ClN3. The first-order chi connectivity index (χ1) is 6.66. The van der Waals surface area contributed by atoms with Crippen molar-refractivity contribution in [2.75, 3.05) is 0 Å². The summed E-state index contributed by atoms with van der Waals surface area (Å²) in [6.45, 7) is 3.85. The van der Waals surface area contributed by atoms with E-state index in [1.807, 2.05) is 32.0 Å². The summed E-state index contributed by atoms with van der Waals surface area (Å²) in [5.74, 6) is 0.738. The first-order valence-electron chi connectivity index (χ1n) is 4.31. The normalized spacial score (nSPS) is 10.5. The maximum absolute atomic E-state index is 6.08. The summed E-state index contributed by atoms with van der Waals surface area (Å²) < 4.78 is 1.68. The van der Waals surface area contributed by atoms with Crippen LogP contribution in [0.15, 0.2) is 24.5 Å². The molecule has 0 fully saturated rings. The van der Waals surface area contributed by atoms with Gasteiger partial charge < -0.3 is 0 Å². The fraction of sp³-hybridized carbons (Fsp3) is 0.200. The van der Waals surface area contributed by atoms with Crippen LogP contribution in [0, 0.1) is 13.8 Å². The second kappa shape index (κ2) is 3.42. The molecule has 14 heavy (non-hydrogen) atoms. The molecule has 0 saturated carbocycles. The minimum atomic E-state index is 0.690. The summed E-state index contributed by atoms with van der Waals surface area (Å²) in [6, 6.07) is 5.85. The van der Waals surface area contributed by atoms with Gasteiger partial charge in [-0.15, -0.1) is 0 Å². The molecule has 0 radical (unpaired) electrons. The van der Waals surface area contributed by atoms with Crippen LogP contribution in [0.5, 0.6) is 0 Å². The summed E-state index contributed by atoms with van der Waals surface area (Å²) in [5, 5.41) is 4.88. The minimum Gasteiger partial charge on any atom is -0.220 e. The zero-order valence-corrected chi connectivity index (χ0v) is 8.78. The summed E-state index contributed by atoms with van der Waals surface area (Å²) >= 11 is 6.08. The van der Waals surface area contributed by atoms with Gasteiger partial charge in [0, 0.05) is 0 Å². The van der Waals surface area contributed by atoms with E-state index < -0.39 is 0 Å². The van der Waals surface area contributed by atoms with E-state index in [-0.39, 0.29) is 0 Å². The van der Waals surface area contributed by atoms with Crippen molar-refractivity contribution in [1.82, 2.24) is 14.8 Å². The Labute approximate surface area is 87.3 Å². The molecule has 3 nitrogen and oxygen atoms in total. The highest BCUT2D eigenvalue weighted by Gasteiger charge is 2.03. The van der Waals surface area contributed by atoms with E-state index in [0.29, 0.717) is 5.02 Å². The molecule has 2 aromatic rings. The molecule has 0 atom stereocenters. The van der Waals surface area contributed by atoms with Crippen LogP contribution in [0.1, 0.15) is 11.4 Å². The van der Waals surface area contributed by atoms with Gasteiger partial charge in [0.25, 0.3) is 0 Å². The van der Waals surface area contributed by atoms with Gasteiger partial charge in [0.05, 0.1) is 10.7 Å². The van der Waals surface area contributed by atoms with Gasteiger partial charge in [0.15, 0.2) is 0 Å². The van der Waals surface area contributed by atoms with Crippen LogP contribution in [-0.2, 0) is 0 Å². The number of aryl methyl sites for hydroxylation is 2. The maximum Gasteiger partial charge on any atom is 0.147 e. The highest BCUT2D eigenvalue weighted by molar-refractivity contribution is 6.32. The van der Waals surface area contributed by atoms with Crippen LogP contribution in [0.2, 0.25) is 5.02 Å². The molecule has 4 heteroatoms. The van der Waals surface area contributed by atoms with E-state index in [2.05, 4.69) is 10.1 Å². The monoisotopic (exact) mass is 207 g/mol. The predicted molar refractivity (Wildman–Crippen MR) is 55.8 cm³/mol. The minimum absolute atomic E-state index is 0.690. The number of benzene rings is 1. The lowest BCUT2D eigenvalue weighted by molar-refractivity contribution is 0.862. The smallest absolute Gasteiger partial charge is 0.147 e. The lowest BCUT2D eigenvalue weighted by Gasteiger charge is -2.03. The Morgan fingerprint density at radius 3 is 2.64 bits per heavy atom. The first kappa shape index (κ1) is 9.21. The van der Waals surface area contributed by atoms with Crippen LogP contribution >= 0.6 is 11.6 Å². The Morgan fingerprint density at radius 1 is 1.29 bits per heavy atom. The van der Waals surface area contributed by atoms with Crippen LogP contribution in [-0.4, -0.2) is 14.8 Å². The molecule has 0 aliphatic rings. The Morgan fingerprint density at radius 2 is 2.07 bits per heavy atom. The quantitative estimate of drug-likeness (QED) is 0.720. The number of hydrogen-bond donors (Lipinski definition) is 0. The fourth-order valence-electron chi connectivity index (χ4n) is 1.26. The number of nitrogens with zero attached hydrogens (tertiary/aromatic N) is 3. The predicted octanol–water partition coefficient (Wildman–Crippen LogP) is 2.54. The molecule has 72 valence electrons. The molecule has 0 unspecified atom stereocenters. The molecule has 0 N–H and O–H groups in total. The maximum atomic E-state index is 6.08. The molecule has 1 aromatic carbocycles. The topological polar surface area (TPSA) is 30.7 Å². The Kier molecular flexibility index (Phi) is 2.25. The van der Waals surface area contributed by atoms with Crippen molar-refractivity contribution in [2.24, 2.45) is 0 Å². The van der Waals surface area contributed by atoms with E-state index in [1.54, 1.807) is 11.0 Å². The molecule has 0 bridgehead atoms. The van der Waals surface area contributed by atoms with Crippen LogP contribution in [0.25, 0.3) is 5.69 Å². The third-order valence-corrected chi connectivity index (χ3v) is 2.26. The number of aromatic nitrogens is 3. The zero-order chi connectivity index (χ0) is 10.1. The van der Waals surface area contributed by atoms with Gasteiger partial charge in [0.2, 0.25) is 0 Å². The lowest BCUT2D eigenvalue weighted by Crippen LogP contribution is -1.96. The lowest BCUT2D eigenvalue weighted by atomic mass is 10.2. The third-order valence-electron chi connectivity index (χ3n) is 1.96. The zero-order valence-electron chi connectivity index (χ0n) is 8.03. The van der Waals surface area contributed by atoms with Gasteiger partial charge in [-0.2, -0.15) is 5.10 Å².